The van der Waals surface area contributed by atoms with Crippen molar-refractivity contribution in [1.82, 2.24) is 9.47 Å². The Balaban J connectivity index is 2.93. The molecule has 1 rings (SSSR count). The van der Waals surface area contributed by atoms with Crippen LogP contribution in [-0.2, 0) is 21.4 Å². The van der Waals surface area contributed by atoms with Gasteiger partial charge in [0.25, 0.3) is 11.5 Å². The van der Waals surface area contributed by atoms with Crippen molar-refractivity contribution in [2.45, 2.75) is 33.6 Å². The van der Waals surface area contributed by atoms with E-state index in [1.807, 2.05) is 13.8 Å². The molecule has 1 heterocycles. The Kier molecular flexibility index (Phi) is 7.84. The molecule has 8 heteroatoms. The molecule has 0 aliphatic heterocycles. The molecule has 1 aromatic heterocycles. The number of aromatic nitrogens is 1. The molecule has 0 aliphatic rings. The zero-order chi connectivity index (χ0) is 19.0. The number of nitrogens with zero attached hydrogens (tertiary/aromatic N) is 2. The average molecular weight is 351 g/mol. The van der Waals surface area contributed by atoms with Gasteiger partial charge in [-0.15, -0.1) is 0 Å². The van der Waals surface area contributed by atoms with Gasteiger partial charge in [-0.2, -0.15) is 0 Å². The molecule has 2 amide bonds. The molecule has 0 spiro atoms. The third-order valence-electron chi connectivity index (χ3n) is 3.62. The molecule has 0 fully saturated rings. The first-order valence-corrected chi connectivity index (χ1v) is 8.29. The second kappa shape index (κ2) is 9.61. The van der Waals surface area contributed by atoms with Crippen LogP contribution in [0.4, 0.5) is 5.69 Å². The van der Waals surface area contributed by atoms with Gasteiger partial charge in [0, 0.05) is 32.8 Å². The smallest absolute Gasteiger partial charge is 0.306 e. The third-order valence-corrected chi connectivity index (χ3v) is 3.62. The standard InChI is InChI=1S/C17H25N3O5/c1-5-20(6-2)16(23)12-10-13(17(24)19(4)11-12)18-14(21)8-9-15(22)25-7-3/h10-11H,5-9H2,1-4H3,(H,18,21). The Morgan fingerprint density at radius 2 is 1.80 bits per heavy atom. The highest BCUT2D eigenvalue weighted by molar-refractivity contribution is 5.97. The lowest BCUT2D eigenvalue weighted by Gasteiger charge is -2.19. The molecule has 138 valence electrons. The van der Waals surface area contributed by atoms with E-state index in [0.29, 0.717) is 18.7 Å². The molecule has 25 heavy (non-hydrogen) atoms. The zero-order valence-corrected chi connectivity index (χ0v) is 15.1. The van der Waals surface area contributed by atoms with E-state index in [-0.39, 0.29) is 31.0 Å². The number of hydrogen-bond acceptors (Lipinski definition) is 5. The molecule has 0 aliphatic carbocycles. The molecule has 0 aromatic carbocycles. The van der Waals surface area contributed by atoms with Crippen LogP contribution >= 0.6 is 0 Å². The van der Waals surface area contributed by atoms with E-state index in [0.717, 1.165) is 0 Å². The second-order valence-corrected chi connectivity index (χ2v) is 5.39. The predicted molar refractivity (Wildman–Crippen MR) is 93.4 cm³/mol. The number of ether oxygens (including phenoxy) is 1. The van der Waals surface area contributed by atoms with Crippen LogP contribution in [0.15, 0.2) is 17.1 Å². The van der Waals surface area contributed by atoms with Crippen molar-refractivity contribution < 1.29 is 19.1 Å². The summed E-state index contributed by atoms with van der Waals surface area (Å²) in [5.74, 6) is -1.18. The van der Waals surface area contributed by atoms with Gasteiger partial charge in [-0.1, -0.05) is 0 Å². The van der Waals surface area contributed by atoms with Crippen LogP contribution in [0.5, 0.6) is 0 Å². The van der Waals surface area contributed by atoms with Crippen molar-refractivity contribution in [2.75, 3.05) is 25.0 Å². The lowest BCUT2D eigenvalue weighted by atomic mass is 10.2. The predicted octanol–water partition coefficient (Wildman–Crippen LogP) is 1.15. The minimum Gasteiger partial charge on any atom is -0.466 e. The van der Waals surface area contributed by atoms with Gasteiger partial charge in [0.15, 0.2) is 0 Å². The number of carbonyl (C=O) groups is 3. The van der Waals surface area contributed by atoms with Crippen molar-refractivity contribution in [3.63, 3.8) is 0 Å². The molecule has 1 N–H and O–H groups in total. The van der Waals surface area contributed by atoms with Crippen molar-refractivity contribution in [3.05, 3.63) is 28.2 Å². The van der Waals surface area contributed by atoms with E-state index in [1.165, 1.54) is 23.9 Å². The number of amides is 2. The molecule has 8 nitrogen and oxygen atoms in total. The molecular weight excluding hydrogens is 326 g/mol. The number of nitrogens with one attached hydrogen (secondary N) is 1. The minimum absolute atomic E-state index is 0.00867. The SMILES string of the molecule is CCOC(=O)CCC(=O)Nc1cc(C(=O)N(CC)CC)cn(C)c1=O. The summed E-state index contributed by atoms with van der Waals surface area (Å²) in [5, 5.41) is 2.47. The van der Waals surface area contributed by atoms with Gasteiger partial charge in [-0.3, -0.25) is 19.2 Å². The van der Waals surface area contributed by atoms with Crippen LogP contribution in [0.1, 0.15) is 44.0 Å². The topological polar surface area (TPSA) is 97.7 Å². The lowest BCUT2D eigenvalue weighted by Crippen LogP contribution is -2.32. The van der Waals surface area contributed by atoms with Crippen molar-refractivity contribution in [2.24, 2.45) is 7.05 Å². The molecule has 0 saturated carbocycles. The van der Waals surface area contributed by atoms with Crippen LogP contribution < -0.4 is 10.9 Å². The molecule has 1 aromatic rings. The van der Waals surface area contributed by atoms with E-state index in [1.54, 1.807) is 11.8 Å². The van der Waals surface area contributed by atoms with E-state index < -0.39 is 17.4 Å². The van der Waals surface area contributed by atoms with Crippen molar-refractivity contribution in [1.29, 1.82) is 0 Å². The molecule has 0 unspecified atom stereocenters. The van der Waals surface area contributed by atoms with Crippen molar-refractivity contribution in [3.8, 4) is 0 Å². The summed E-state index contributed by atoms with van der Waals surface area (Å²) in [7, 11) is 1.51. The summed E-state index contributed by atoms with van der Waals surface area (Å²) >= 11 is 0. The summed E-state index contributed by atoms with van der Waals surface area (Å²) in [6.07, 6.45) is 1.27. The second-order valence-electron chi connectivity index (χ2n) is 5.39. The summed E-state index contributed by atoms with van der Waals surface area (Å²) < 4.78 is 6.00. The van der Waals surface area contributed by atoms with Crippen LogP contribution in [0.3, 0.4) is 0 Å². The highest BCUT2D eigenvalue weighted by Crippen LogP contribution is 2.09. The Bertz CT molecular complexity index is 692. The van der Waals surface area contributed by atoms with Crippen LogP contribution in [-0.4, -0.2) is 46.9 Å². The summed E-state index contributed by atoms with van der Waals surface area (Å²) in [6.45, 7) is 6.73. The average Bonchev–Trinajstić information content (AvgIpc) is 2.58. The monoisotopic (exact) mass is 351 g/mol. The first-order chi connectivity index (χ1) is 11.8. The first kappa shape index (κ1) is 20.4. The summed E-state index contributed by atoms with van der Waals surface area (Å²) in [5.41, 5.74) is -0.110. The van der Waals surface area contributed by atoms with Gasteiger partial charge in [0.1, 0.15) is 5.69 Å². The molecule has 0 saturated heterocycles. The highest BCUT2D eigenvalue weighted by Gasteiger charge is 2.17. The Morgan fingerprint density at radius 3 is 2.36 bits per heavy atom. The fraction of sp³-hybridized carbons (Fsp3) is 0.529. The van der Waals surface area contributed by atoms with E-state index in [9.17, 15) is 19.2 Å². The number of rotatable bonds is 8. The fourth-order valence-corrected chi connectivity index (χ4v) is 2.27. The number of esters is 1. The van der Waals surface area contributed by atoms with Gasteiger partial charge in [-0.25, -0.2) is 0 Å². The number of hydrogen-bond donors (Lipinski definition) is 1. The van der Waals surface area contributed by atoms with Gasteiger partial charge in [0.2, 0.25) is 5.91 Å². The largest absolute Gasteiger partial charge is 0.466 e. The van der Waals surface area contributed by atoms with E-state index in [4.69, 9.17) is 4.74 Å². The molecule has 0 atom stereocenters. The quantitative estimate of drug-likeness (QED) is 0.709. The van der Waals surface area contributed by atoms with Gasteiger partial charge in [0.05, 0.1) is 18.6 Å². The molecule has 0 bridgehead atoms. The van der Waals surface area contributed by atoms with Crippen molar-refractivity contribution >= 4 is 23.5 Å². The van der Waals surface area contributed by atoms with Gasteiger partial charge < -0.3 is 19.5 Å². The number of carbonyl (C=O) groups excluding carboxylic acids is 3. The highest BCUT2D eigenvalue weighted by atomic mass is 16.5. The summed E-state index contributed by atoms with van der Waals surface area (Å²) in [4.78, 5) is 49.4. The minimum atomic E-state index is -0.488. The normalized spacial score (nSPS) is 10.2. The maximum atomic E-state index is 12.4. The van der Waals surface area contributed by atoms with E-state index in [2.05, 4.69) is 5.32 Å². The number of anilines is 1. The molecule has 0 radical (unpaired) electrons. The Hall–Kier alpha value is -2.64. The third kappa shape index (κ3) is 5.74. The molecular formula is C17H25N3O5. The Labute approximate surface area is 146 Å². The fourth-order valence-electron chi connectivity index (χ4n) is 2.27. The van der Waals surface area contributed by atoms with Crippen LogP contribution in [0.2, 0.25) is 0 Å². The number of aryl methyl sites for hydroxylation is 1. The number of pyridine rings is 1. The van der Waals surface area contributed by atoms with Crippen LogP contribution in [0, 0.1) is 0 Å². The lowest BCUT2D eigenvalue weighted by molar-refractivity contribution is -0.144. The van der Waals surface area contributed by atoms with Crippen LogP contribution in [0.25, 0.3) is 0 Å². The Morgan fingerprint density at radius 1 is 1.16 bits per heavy atom. The zero-order valence-electron chi connectivity index (χ0n) is 15.1. The van der Waals surface area contributed by atoms with Gasteiger partial charge >= 0.3 is 5.97 Å². The maximum absolute atomic E-state index is 12.4. The summed E-state index contributed by atoms with van der Waals surface area (Å²) in [6, 6.07) is 1.37. The van der Waals surface area contributed by atoms with Gasteiger partial charge in [-0.05, 0) is 26.8 Å². The maximum Gasteiger partial charge on any atom is 0.306 e. The first-order valence-electron chi connectivity index (χ1n) is 8.29. The van der Waals surface area contributed by atoms with E-state index >= 15 is 0 Å².